The molecule has 3 heteroatoms. The molecule has 0 saturated heterocycles. The number of nitrogens with one attached hydrogen (secondary N) is 1. The Morgan fingerprint density at radius 1 is 1.22 bits per heavy atom. The molecule has 0 spiro atoms. The van der Waals surface area contributed by atoms with Crippen LogP contribution in [-0.4, -0.2) is 11.9 Å². The smallest absolute Gasteiger partial charge is 0.251 e. The second-order valence-corrected chi connectivity index (χ2v) is 5.79. The van der Waals surface area contributed by atoms with E-state index in [0.29, 0.717) is 28.5 Å². The lowest BCUT2D eigenvalue weighted by atomic mass is 9.78. The third-order valence-corrected chi connectivity index (χ3v) is 4.38. The van der Waals surface area contributed by atoms with Gasteiger partial charge in [-0.2, -0.15) is 0 Å². The van der Waals surface area contributed by atoms with E-state index in [-0.39, 0.29) is 5.91 Å². The fraction of sp³-hybridized carbons (Fsp3) is 0.533. The summed E-state index contributed by atoms with van der Waals surface area (Å²) in [5.41, 5.74) is 0.685. The van der Waals surface area contributed by atoms with Crippen molar-refractivity contribution in [2.75, 3.05) is 0 Å². The second-order valence-electron chi connectivity index (χ2n) is 5.35. The summed E-state index contributed by atoms with van der Waals surface area (Å²) in [5, 5.41) is 3.81. The molecule has 2 rings (SSSR count). The van der Waals surface area contributed by atoms with Gasteiger partial charge in [-0.3, -0.25) is 4.79 Å². The Hall–Kier alpha value is -1.02. The van der Waals surface area contributed by atoms with Crippen molar-refractivity contribution in [2.45, 2.75) is 39.2 Å². The highest BCUT2D eigenvalue weighted by Crippen LogP contribution is 2.29. The maximum atomic E-state index is 12.1. The Bertz CT molecular complexity index is 415. The Labute approximate surface area is 114 Å². The number of rotatable bonds is 2. The largest absolute Gasteiger partial charge is 0.349 e. The van der Waals surface area contributed by atoms with Crippen LogP contribution in [0.3, 0.4) is 0 Å². The predicted octanol–water partition coefficient (Wildman–Crippen LogP) is 3.89. The van der Waals surface area contributed by atoms with Crippen molar-refractivity contribution in [2.24, 2.45) is 11.8 Å². The average molecular weight is 266 g/mol. The van der Waals surface area contributed by atoms with Crippen LogP contribution in [-0.2, 0) is 0 Å². The third-order valence-electron chi connectivity index (χ3n) is 4.13. The lowest BCUT2D eigenvalue weighted by molar-refractivity contribution is 0.0891. The zero-order chi connectivity index (χ0) is 13.1. The van der Waals surface area contributed by atoms with E-state index in [1.807, 2.05) is 0 Å². The van der Waals surface area contributed by atoms with Crippen LogP contribution in [0.2, 0.25) is 5.02 Å². The molecule has 0 unspecified atom stereocenters. The molecule has 1 aliphatic carbocycles. The molecule has 0 heterocycles. The fourth-order valence-electron chi connectivity index (χ4n) is 2.64. The van der Waals surface area contributed by atoms with E-state index < -0.39 is 0 Å². The predicted molar refractivity (Wildman–Crippen MR) is 74.9 cm³/mol. The van der Waals surface area contributed by atoms with Crippen molar-refractivity contribution < 1.29 is 4.79 Å². The first-order valence-electron chi connectivity index (χ1n) is 6.64. The number of hydrogen-bond acceptors (Lipinski definition) is 1. The lowest BCUT2D eigenvalue weighted by Gasteiger charge is -2.34. The molecule has 1 fully saturated rings. The van der Waals surface area contributed by atoms with Gasteiger partial charge in [0.15, 0.2) is 0 Å². The van der Waals surface area contributed by atoms with Crippen LogP contribution in [0.4, 0.5) is 0 Å². The summed E-state index contributed by atoms with van der Waals surface area (Å²) in [7, 11) is 0. The molecule has 1 aliphatic rings. The first-order chi connectivity index (χ1) is 8.58. The molecule has 0 bridgehead atoms. The standard InChI is InChI=1S/C15H20ClNO/c1-10-4-3-5-14(11(10)2)17-15(18)12-6-8-13(16)9-7-12/h6-11,14H,3-5H2,1-2H3,(H,17,18)/t10-,11+,14-/m0/s1. The first-order valence-corrected chi connectivity index (χ1v) is 7.02. The molecule has 18 heavy (non-hydrogen) atoms. The number of benzene rings is 1. The van der Waals surface area contributed by atoms with Gasteiger partial charge >= 0.3 is 0 Å². The summed E-state index contributed by atoms with van der Waals surface area (Å²) in [5.74, 6) is 1.25. The first kappa shape index (κ1) is 13.4. The molecular formula is C15H20ClNO. The van der Waals surface area contributed by atoms with E-state index in [4.69, 9.17) is 11.6 Å². The van der Waals surface area contributed by atoms with Crippen molar-refractivity contribution in [1.29, 1.82) is 0 Å². The van der Waals surface area contributed by atoms with Crippen molar-refractivity contribution in [3.8, 4) is 0 Å². The van der Waals surface area contributed by atoms with E-state index in [9.17, 15) is 4.79 Å². The van der Waals surface area contributed by atoms with Crippen LogP contribution in [0.5, 0.6) is 0 Å². The minimum atomic E-state index is 0.0117. The van der Waals surface area contributed by atoms with Gasteiger partial charge in [0.1, 0.15) is 0 Å². The van der Waals surface area contributed by atoms with Crippen molar-refractivity contribution in [1.82, 2.24) is 5.32 Å². The lowest BCUT2D eigenvalue weighted by Crippen LogP contribution is -2.43. The summed E-state index contributed by atoms with van der Waals surface area (Å²) in [4.78, 5) is 12.1. The number of halogens is 1. The van der Waals surface area contributed by atoms with Gasteiger partial charge in [0.2, 0.25) is 0 Å². The van der Waals surface area contributed by atoms with Gasteiger partial charge in [-0.15, -0.1) is 0 Å². The number of carbonyl (C=O) groups is 1. The number of amides is 1. The Morgan fingerprint density at radius 3 is 2.56 bits per heavy atom. The van der Waals surface area contributed by atoms with Crippen LogP contribution in [0.1, 0.15) is 43.5 Å². The molecule has 98 valence electrons. The van der Waals surface area contributed by atoms with E-state index in [0.717, 1.165) is 6.42 Å². The summed E-state index contributed by atoms with van der Waals surface area (Å²) in [6.45, 7) is 4.50. The molecular weight excluding hydrogens is 246 g/mol. The highest BCUT2D eigenvalue weighted by molar-refractivity contribution is 6.30. The molecule has 1 aromatic carbocycles. The summed E-state index contributed by atoms with van der Waals surface area (Å²) in [6.07, 6.45) is 3.57. The van der Waals surface area contributed by atoms with Gasteiger partial charge in [0.05, 0.1) is 0 Å². The summed E-state index contributed by atoms with van der Waals surface area (Å²) >= 11 is 5.82. The molecule has 1 N–H and O–H groups in total. The topological polar surface area (TPSA) is 29.1 Å². The van der Waals surface area contributed by atoms with Crippen LogP contribution >= 0.6 is 11.6 Å². The van der Waals surface area contributed by atoms with Crippen LogP contribution in [0.15, 0.2) is 24.3 Å². The van der Waals surface area contributed by atoms with Gasteiger partial charge in [-0.1, -0.05) is 38.3 Å². The van der Waals surface area contributed by atoms with Crippen molar-refractivity contribution >= 4 is 17.5 Å². The second kappa shape index (κ2) is 5.75. The fourth-order valence-corrected chi connectivity index (χ4v) is 2.76. The van der Waals surface area contributed by atoms with Gasteiger partial charge in [-0.05, 0) is 42.5 Å². The zero-order valence-electron chi connectivity index (χ0n) is 10.9. The SMILES string of the molecule is C[C@H]1[C@@H](NC(=O)c2ccc(Cl)cc2)CCC[C@@H]1C. The van der Waals surface area contributed by atoms with Crippen LogP contribution in [0.25, 0.3) is 0 Å². The van der Waals surface area contributed by atoms with Gasteiger partial charge in [0, 0.05) is 16.6 Å². The third kappa shape index (κ3) is 3.05. The van der Waals surface area contributed by atoms with E-state index in [1.165, 1.54) is 12.8 Å². The average Bonchev–Trinajstić information content (AvgIpc) is 2.36. The van der Waals surface area contributed by atoms with Crippen molar-refractivity contribution in [3.05, 3.63) is 34.9 Å². The minimum absolute atomic E-state index is 0.0117. The highest BCUT2D eigenvalue weighted by Gasteiger charge is 2.28. The van der Waals surface area contributed by atoms with Crippen molar-refractivity contribution in [3.63, 3.8) is 0 Å². The quantitative estimate of drug-likeness (QED) is 0.863. The zero-order valence-corrected chi connectivity index (χ0v) is 11.7. The molecule has 0 aromatic heterocycles. The maximum absolute atomic E-state index is 12.1. The van der Waals surface area contributed by atoms with E-state index >= 15 is 0 Å². The van der Waals surface area contributed by atoms with Crippen LogP contribution in [0, 0.1) is 11.8 Å². The molecule has 0 radical (unpaired) electrons. The van der Waals surface area contributed by atoms with E-state index in [2.05, 4.69) is 19.2 Å². The van der Waals surface area contributed by atoms with Gasteiger partial charge in [-0.25, -0.2) is 0 Å². The van der Waals surface area contributed by atoms with E-state index in [1.54, 1.807) is 24.3 Å². The molecule has 2 nitrogen and oxygen atoms in total. The van der Waals surface area contributed by atoms with Gasteiger partial charge < -0.3 is 5.32 Å². The minimum Gasteiger partial charge on any atom is -0.349 e. The molecule has 1 aromatic rings. The monoisotopic (exact) mass is 265 g/mol. The Balaban J connectivity index is 2.00. The Kier molecular flexibility index (Phi) is 4.28. The molecule has 0 aliphatic heterocycles. The molecule has 3 atom stereocenters. The summed E-state index contributed by atoms with van der Waals surface area (Å²) < 4.78 is 0. The van der Waals surface area contributed by atoms with Crippen LogP contribution < -0.4 is 5.32 Å². The highest BCUT2D eigenvalue weighted by atomic mass is 35.5. The maximum Gasteiger partial charge on any atom is 0.251 e. The van der Waals surface area contributed by atoms with Gasteiger partial charge in [0.25, 0.3) is 5.91 Å². The molecule has 1 amide bonds. The normalized spacial score (nSPS) is 27.8. The number of hydrogen-bond donors (Lipinski definition) is 1. The molecule has 1 saturated carbocycles. The summed E-state index contributed by atoms with van der Waals surface area (Å²) in [6, 6.07) is 7.35. The Morgan fingerprint density at radius 2 is 1.89 bits per heavy atom. The number of carbonyl (C=O) groups excluding carboxylic acids is 1.